The minimum Gasteiger partial charge on any atom is -0.480 e. The van der Waals surface area contributed by atoms with Crippen molar-refractivity contribution in [2.75, 3.05) is 13.2 Å². The predicted octanol–water partition coefficient (Wildman–Crippen LogP) is 0.0216. The number of aliphatic hydroxyl groups excluding tert-OH is 1. The zero-order valence-corrected chi connectivity index (χ0v) is 9.00. The number of carboxylic acid groups (broad SMARTS) is 1. The van der Waals surface area contributed by atoms with E-state index in [4.69, 9.17) is 10.2 Å². The van der Waals surface area contributed by atoms with Crippen LogP contribution in [0.2, 0.25) is 0 Å². The van der Waals surface area contributed by atoms with Crippen molar-refractivity contribution >= 4 is 12.0 Å². The van der Waals surface area contributed by atoms with Crippen molar-refractivity contribution < 1.29 is 37.4 Å². The molecule has 1 unspecified atom stereocenters. The number of carbonyl (C=O) groups excluding carboxylic acids is 1. The molecule has 0 aromatic carbocycles. The van der Waals surface area contributed by atoms with Crippen molar-refractivity contribution in [2.24, 2.45) is 0 Å². The van der Waals surface area contributed by atoms with E-state index in [1.54, 1.807) is 5.32 Å². The maximum Gasteiger partial charge on any atom is 0.326 e. The number of aliphatic hydroxyl groups is 1. The lowest BCUT2D eigenvalue weighted by atomic mass is 10.2. The van der Waals surface area contributed by atoms with Gasteiger partial charge in [-0.3, -0.25) is 0 Å². The van der Waals surface area contributed by atoms with Crippen LogP contribution in [0, 0.1) is 0 Å². The van der Waals surface area contributed by atoms with Gasteiger partial charge in [0, 0.05) is 13.0 Å². The Morgan fingerprint density at radius 1 is 1.28 bits per heavy atom. The van der Waals surface area contributed by atoms with E-state index in [1.807, 2.05) is 0 Å². The van der Waals surface area contributed by atoms with Crippen molar-refractivity contribution in [2.45, 2.75) is 24.8 Å². The second-order valence-corrected chi connectivity index (χ2v) is 3.29. The van der Waals surface area contributed by atoms with Crippen LogP contribution < -0.4 is 10.6 Å². The number of aliphatic carboxylic acids is 1. The Hall–Kier alpha value is -1.58. The molecule has 0 aliphatic rings. The standard InChI is InChI=1S/C8H12F4N2O4/c9-6(10)8(11,12)3-13-7(18)14-4(1-2-15)5(16)17/h4,6,15H,1-3H2,(H,16,17)(H2,13,14,18). The first-order valence-corrected chi connectivity index (χ1v) is 4.74. The van der Waals surface area contributed by atoms with Crippen LogP contribution in [0.1, 0.15) is 6.42 Å². The molecular weight excluding hydrogens is 264 g/mol. The summed E-state index contributed by atoms with van der Waals surface area (Å²) in [6.07, 6.45) is -4.28. The molecular formula is C8H12F4N2O4. The molecule has 0 aliphatic heterocycles. The molecule has 2 amide bonds. The molecule has 4 N–H and O–H groups in total. The zero-order chi connectivity index (χ0) is 14.3. The molecule has 0 saturated heterocycles. The Labute approximate surface area is 99.0 Å². The van der Waals surface area contributed by atoms with Gasteiger partial charge in [-0.1, -0.05) is 0 Å². The summed E-state index contributed by atoms with van der Waals surface area (Å²) in [5.74, 6) is -5.88. The van der Waals surface area contributed by atoms with Crippen molar-refractivity contribution in [3.8, 4) is 0 Å². The summed E-state index contributed by atoms with van der Waals surface area (Å²) in [6, 6.07) is -2.83. The normalized spacial score (nSPS) is 13.2. The first-order valence-electron chi connectivity index (χ1n) is 4.74. The van der Waals surface area contributed by atoms with E-state index in [1.165, 1.54) is 5.32 Å². The Kier molecular flexibility index (Phi) is 6.37. The van der Waals surface area contributed by atoms with E-state index < -0.39 is 43.5 Å². The van der Waals surface area contributed by atoms with Gasteiger partial charge in [-0.25, -0.2) is 18.4 Å². The van der Waals surface area contributed by atoms with Gasteiger partial charge >= 0.3 is 24.3 Å². The first kappa shape index (κ1) is 16.4. The maximum absolute atomic E-state index is 12.4. The van der Waals surface area contributed by atoms with E-state index in [0.717, 1.165) is 0 Å². The lowest BCUT2D eigenvalue weighted by Crippen LogP contribution is -2.50. The van der Waals surface area contributed by atoms with Crippen molar-refractivity contribution in [3.05, 3.63) is 0 Å². The smallest absolute Gasteiger partial charge is 0.326 e. The zero-order valence-electron chi connectivity index (χ0n) is 9.00. The second kappa shape index (κ2) is 6.99. The van der Waals surface area contributed by atoms with Crippen LogP contribution in [-0.4, -0.2) is 53.8 Å². The first-order chi connectivity index (χ1) is 8.20. The number of hydrogen-bond acceptors (Lipinski definition) is 3. The molecule has 0 spiro atoms. The summed E-state index contributed by atoms with van der Waals surface area (Å²) in [6.45, 7) is -2.17. The topological polar surface area (TPSA) is 98.7 Å². The van der Waals surface area contributed by atoms with Gasteiger partial charge in [-0.2, -0.15) is 8.78 Å². The lowest BCUT2D eigenvalue weighted by Gasteiger charge is -2.18. The van der Waals surface area contributed by atoms with Crippen LogP contribution in [0.15, 0.2) is 0 Å². The molecule has 0 radical (unpaired) electrons. The average Bonchev–Trinajstić information content (AvgIpc) is 2.25. The Balaban J connectivity index is 4.22. The summed E-state index contributed by atoms with van der Waals surface area (Å²) in [4.78, 5) is 21.5. The molecule has 6 nitrogen and oxygen atoms in total. The largest absolute Gasteiger partial charge is 0.480 e. The van der Waals surface area contributed by atoms with Crippen LogP contribution in [0.4, 0.5) is 22.4 Å². The number of urea groups is 1. The van der Waals surface area contributed by atoms with Gasteiger partial charge in [0.25, 0.3) is 0 Å². The third kappa shape index (κ3) is 5.66. The molecule has 0 heterocycles. The number of hydrogen-bond donors (Lipinski definition) is 4. The SMILES string of the molecule is O=C(NCC(F)(F)C(F)F)NC(CCO)C(=O)O. The third-order valence-corrected chi connectivity index (χ3v) is 1.83. The monoisotopic (exact) mass is 276 g/mol. The number of alkyl halides is 4. The highest BCUT2D eigenvalue weighted by atomic mass is 19.3. The number of nitrogens with one attached hydrogen (secondary N) is 2. The van der Waals surface area contributed by atoms with E-state index in [-0.39, 0.29) is 6.42 Å². The highest BCUT2D eigenvalue weighted by Crippen LogP contribution is 2.21. The summed E-state index contributed by atoms with van der Waals surface area (Å²) in [7, 11) is 0. The van der Waals surface area contributed by atoms with Gasteiger partial charge in [-0.05, 0) is 0 Å². The minimum absolute atomic E-state index is 0.339. The van der Waals surface area contributed by atoms with E-state index in [2.05, 4.69) is 0 Å². The number of carbonyl (C=O) groups is 2. The van der Waals surface area contributed by atoms with Crippen LogP contribution in [0.3, 0.4) is 0 Å². The van der Waals surface area contributed by atoms with Crippen LogP contribution >= 0.6 is 0 Å². The van der Waals surface area contributed by atoms with Gasteiger partial charge in [0.1, 0.15) is 6.04 Å². The summed E-state index contributed by atoms with van der Waals surface area (Å²) in [5.41, 5.74) is 0. The molecule has 0 fully saturated rings. The van der Waals surface area contributed by atoms with E-state index in [0.29, 0.717) is 0 Å². The molecule has 0 bridgehead atoms. The number of rotatable bonds is 7. The Morgan fingerprint density at radius 2 is 1.83 bits per heavy atom. The maximum atomic E-state index is 12.4. The molecule has 1 atom stereocenters. The summed E-state index contributed by atoms with van der Waals surface area (Å²) < 4.78 is 48.3. The molecule has 10 heteroatoms. The number of amides is 2. The van der Waals surface area contributed by atoms with Gasteiger partial charge < -0.3 is 20.8 Å². The predicted molar refractivity (Wildman–Crippen MR) is 50.6 cm³/mol. The van der Waals surface area contributed by atoms with Gasteiger partial charge in [0.05, 0.1) is 6.54 Å². The number of carboxylic acids is 1. The lowest BCUT2D eigenvalue weighted by molar-refractivity contribution is -0.139. The quantitative estimate of drug-likeness (QED) is 0.493. The fourth-order valence-electron chi connectivity index (χ4n) is 0.871. The molecule has 0 aliphatic carbocycles. The van der Waals surface area contributed by atoms with Crippen molar-refractivity contribution in [3.63, 3.8) is 0 Å². The molecule has 0 aromatic rings. The van der Waals surface area contributed by atoms with Gasteiger partial charge in [0.15, 0.2) is 0 Å². The van der Waals surface area contributed by atoms with E-state index in [9.17, 15) is 27.2 Å². The van der Waals surface area contributed by atoms with Crippen molar-refractivity contribution in [1.29, 1.82) is 0 Å². The Morgan fingerprint density at radius 3 is 2.22 bits per heavy atom. The second-order valence-electron chi connectivity index (χ2n) is 3.29. The van der Waals surface area contributed by atoms with Gasteiger partial charge in [0.2, 0.25) is 0 Å². The highest BCUT2D eigenvalue weighted by Gasteiger charge is 2.41. The fraction of sp³-hybridized carbons (Fsp3) is 0.750. The number of halogens is 4. The summed E-state index contributed by atoms with van der Waals surface area (Å²) in [5, 5.41) is 20.2. The van der Waals surface area contributed by atoms with Crippen LogP contribution in [0.5, 0.6) is 0 Å². The van der Waals surface area contributed by atoms with Gasteiger partial charge in [-0.15, -0.1) is 0 Å². The summed E-state index contributed by atoms with van der Waals surface area (Å²) >= 11 is 0. The average molecular weight is 276 g/mol. The fourth-order valence-corrected chi connectivity index (χ4v) is 0.871. The van der Waals surface area contributed by atoms with Crippen molar-refractivity contribution in [1.82, 2.24) is 10.6 Å². The molecule has 0 rings (SSSR count). The molecule has 0 aromatic heterocycles. The highest BCUT2D eigenvalue weighted by molar-refractivity contribution is 5.82. The van der Waals surface area contributed by atoms with Crippen LogP contribution in [-0.2, 0) is 4.79 Å². The van der Waals surface area contributed by atoms with E-state index >= 15 is 0 Å². The third-order valence-electron chi connectivity index (χ3n) is 1.83. The molecule has 106 valence electrons. The van der Waals surface area contributed by atoms with Crippen LogP contribution in [0.25, 0.3) is 0 Å². The Bertz CT molecular complexity index is 301. The molecule has 0 saturated carbocycles. The molecule has 18 heavy (non-hydrogen) atoms. The minimum atomic E-state index is -4.40.